The number of methoxy groups -OCH3 is 1. The van der Waals surface area contributed by atoms with Crippen LogP contribution in [0.1, 0.15) is 16.1 Å². The maximum atomic E-state index is 11.2. The highest BCUT2D eigenvalue weighted by Crippen LogP contribution is 2.17. The molecular weight excluding hydrogens is 192 g/mol. The molecule has 1 aromatic heterocycles. The van der Waals surface area contributed by atoms with Gasteiger partial charge in [0, 0.05) is 10.9 Å². The fraction of sp³-hybridized carbons (Fsp3) is 0.0909. The highest BCUT2D eigenvalue weighted by Gasteiger charge is 2.07. The number of esters is 1. The van der Waals surface area contributed by atoms with Crippen molar-refractivity contribution < 1.29 is 9.53 Å². The summed E-state index contributed by atoms with van der Waals surface area (Å²) in [5.74, 6) is -0.378. The molecule has 1 heterocycles. The van der Waals surface area contributed by atoms with Crippen LogP contribution in [0.3, 0.4) is 0 Å². The van der Waals surface area contributed by atoms with Gasteiger partial charge in [-0.25, -0.2) is 4.79 Å². The Morgan fingerprint density at radius 1 is 1.47 bits per heavy atom. The third-order valence-corrected chi connectivity index (χ3v) is 2.16. The summed E-state index contributed by atoms with van der Waals surface area (Å²) in [5, 5.41) is 9.52. The number of aromatic amines is 1. The molecule has 0 aliphatic heterocycles. The van der Waals surface area contributed by atoms with Gasteiger partial charge < -0.3 is 9.72 Å². The third-order valence-electron chi connectivity index (χ3n) is 2.16. The Morgan fingerprint density at radius 2 is 2.27 bits per heavy atom. The van der Waals surface area contributed by atoms with Crippen molar-refractivity contribution in [1.82, 2.24) is 4.98 Å². The van der Waals surface area contributed by atoms with Crippen LogP contribution in [0.2, 0.25) is 0 Å². The van der Waals surface area contributed by atoms with E-state index in [4.69, 9.17) is 5.26 Å². The molecule has 0 saturated carbocycles. The number of H-pyrrole nitrogens is 1. The lowest BCUT2D eigenvalue weighted by Gasteiger charge is -1.98. The molecular formula is C11H8N2O2. The van der Waals surface area contributed by atoms with E-state index in [1.165, 1.54) is 7.11 Å². The van der Waals surface area contributed by atoms with Gasteiger partial charge in [-0.15, -0.1) is 0 Å². The Kier molecular flexibility index (Phi) is 2.14. The van der Waals surface area contributed by atoms with Crippen LogP contribution >= 0.6 is 0 Å². The molecule has 2 rings (SSSR count). The molecule has 0 unspecified atom stereocenters. The maximum absolute atomic E-state index is 11.2. The Hall–Kier alpha value is -2.28. The molecule has 0 radical (unpaired) electrons. The van der Waals surface area contributed by atoms with Crippen molar-refractivity contribution in [2.45, 2.75) is 0 Å². The van der Waals surface area contributed by atoms with Gasteiger partial charge in [0.05, 0.1) is 12.7 Å². The monoisotopic (exact) mass is 200 g/mol. The number of aromatic nitrogens is 1. The second-order valence-electron chi connectivity index (χ2n) is 3.09. The highest BCUT2D eigenvalue weighted by atomic mass is 16.5. The van der Waals surface area contributed by atoms with Crippen LogP contribution in [-0.2, 0) is 4.74 Å². The second-order valence-corrected chi connectivity index (χ2v) is 3.09. The highest BCUT2D eigenvalue weighted by molar-refractivity contribution is 5.94. The Balaban J connectivity index is 2.56. The van der Waals surface area contributed by atoms with E-state index < -0.39 is 0 Å². The summed E-state index contributed by atoms with van der Waals surface area (Å²) in [6, 6.07) is 8.81. The van der Waals surface area contributed by atoms with E-state index in [1.807, 2.05) is 6.07 Å². The van der Waals surface area contributed by atoms with E-state index in [-0.39, 0.29) is 5.97 Å². The maximum Gasteiger partial charge on any atom is 0.337 e. The smallest absolute Gasteiger partial charge is 0.337 e. The van der Waals surface area contributed by atoms with Gasteiger partial charge in [0.15, 0.2) is 0 Å². The van der Waals surface area contributed by atoms with Crippen LogP contribution in [-0.4, -0.2) is 18.1 Å². The summed E-state index contributed by atoms with van der Waals surface area (Å²) in [5.41, 5.74) is 1.79. The molecule has 15 heavy (non-hydrogen) atoms. The van der Waals surface area contributed by atoms with Gasteiger partial charge in [-0.1, -0.05) is 0 Å². The molecule has 1 N–H and O–H groups in total. The lowest BCUT2D eigenvalue weighted by atomic mass is 10.1. The van der Waals surface area contributed by atoms with Crippen molar-refractivity contribution in [3.05, 3.63) is 35.5 Å². The molecule has 0 spiro atoms. The van der Waals surface area contributed by atoms with Crippen molar-refractivity contribution >= 4 is 16.9 Å². The number of nitriles is 1. The molecule has 0 aliphatic carbocycles. The summed E-state index contributed by atoms with van der Waals surface area (Å²) in [6.45, 7) is 0. The summed E-state index contributed by atoms with van der Waals surface area (Å²) >= 11 is 0. The zero-order valence-electron chi connectivity index (χ0n) is 8.07. The number of carbonyl (C=O) groups is 1. The standard InChI is InChI=1S/C11H8N2O2/c1-15-11(14)7-2-3-10-8(4-7)5-9(6-12)13-10/h2-5,13H,1H3. The zero-order valence-corrected chi connectivity index (χ0v) is 8.07. The summed E-state index contributed by atoms with van der Waals surface area (Å²) in [7, 11) is 1.34. The van der Waals surface area contributed by atoms with E-state index >= 15 is 0 Å². The molecule has 4 nitrogen and oxygen atoms in total. The number of ether oxygens (including phenoxy) is 1. The van der Waals surface area contributed by atoms with Gasteiger partial charge in [-0.3, -0.25) is 0 Å². The van der Waals surface area contributed by atoms with Crippen molar-refractivity contribution in [3.8, 4) is 6.07 Å². The normalized spacial score (nSPS) is 9.87. The average molecular weight is 200 g/mol. The number of nitrogens with zero attached hydrogens (tertiary/aromatic N) is 1. The number of rotatable bonds is 1. The van der Waals surface area contributed by atoms with E-state index in [1.54, 1.807) is 24.3 Å². The van der Waals surface area contributed by atoms with Crippen molar-refractivity contribution in [2.24, 2.45) is 0 Å². The summed E-state index contributed by atoms with van der Waals surface area (Å²) < 4.78 is 4.60. The summed E-state index contributed by atoms with van der Waals surface area (Å²) in [6.07, 6.45) is 0. The first-order valence-corrected chi connectivity index (χ1v) is 4.36. The molecule has 0 amide bonds. The van der Waals surface area contributed by atoms with Crippen molar-refractivity contribution in [3.63, 3.8) is 0 Å². The predicted molar refractivity (Wildman–Crippen MR) is 54.4 cm³/mol. The van der Waals surface area contributed by atoms with Crippen LogP contribution in [0.15, 0.2) is 24.3 Å². The summed E-state index contributed by atoms with van der Waals surface area (Å²) in [4.78, 5) is 14.2. The number of hydrogen-bond acceptors (Lipinski definition) is 3. The molecule has 4 heteroatoms. The van der Waals surface area contributed by atoms with E-state index in [9.17, 15) is 4.79 Å². The lowest BCUT2D eigenvalue weighted by Crippen LogP contribution is -2.00. The number of benzene rings is 1. The molecule has 0 fully saturated rings. The molecule has 0 aliphatic rings. The lowest BCUT2D eigenvalue weighted by molar-refractivity contribution is 0.0601. The first-order chi connectivity index (χ1) is 7.24. The molecule has 74 valence electrons. The first-order valence-electron chi connectivity index (χ1n) is 4.36. The van der Waals surface area contributed by atoms with E-state index in [0.29, 0.717) is 11.3 Å². The molecule has 0 saturated heterocycles. The zero-order chi connectivity index (χ0) is 10.8. The predicted octanol–water partition coefficient (Wildman–Crippen LogP) is 1.83. The fourth-order valence-electron chi connectivity index (χ4n) is 1.44. The molecule has 0 atom stereocenters. The van der Waals surface area contributed by atoms with Crippen molar-refractivity contribution in [1.29, 1.82) is 5.26 Å². The van der Waals surface area contributed by atoms with Gasteiger partial charge in [-0.05, 0) is 24.3 Å². The van der Waals surface area contributed by atoms with E-state index in [2.05, 4.69) is 9.72 Å². The minimum Gasteiger partial charge on any atom is -0.465 e. The van der Waals surface area contributed by atoms with Gasteiger partial charge in [0.2, 0.25) is 0 Å². The van der Waals surface area contributed by atoms with Crippen LogP contribution in [0, 0.1) is 11.3 Å². The second kappa shape index (κ2) is 3.46. The minimum absolute atomic E-state index is 0.378. The molecule has 2 aromatic rings. The number of hydrogen-bond donors (Lipinski definition) is 1. The van der Waals surface area contributed by atoms with Gasteiger partial charge in [0.25, 0.3) is 0 Å². The van der Waals surface area contributed by atoms with Gasteiger partial charge in [-0.2, -0.15) is 5.26 Å². The molecule has 1 aromatic carbocycles. The Bertz CT molecular complexity index is 563. The van der Waals surface area contributed by atoms with Crippen LogP contribution in [0.25, 0.3) is 10.9 Å². The SMILES string of the molecule is COC(=O)c1ccc2[nH]c(C#N)cc2c1. The van der Waals surface area contributed by atoms with Crippen LogP contribution in [0.5, 0.6) is 0 Å². The molecule has 0 bridgehead atoms. The van der Waals surface area contributed by atoms with Crippen molar-refractivity contribution in [2.75, 3.05) is 7.11 Å². The minimum atomic E-state index is -0.378. The van der Waals surface area contributed by atoms with E-state index in [0.717, 1.165) is 10.9 Å². The van der Waals surface area contributed by atoms with Crippen LogP contribution < -0.4 is 0 Å². The number of fused-ring (bicyclic) bond motifs is 1. The topological polar surface area (TPSA) is 65.9 Å². The Labute approximate surface area is 86.1 Å². The third kappa shape index (κ3) is 1.55. The van der Waals surface area contributed by atoms with Gasteiger partial charge >= 0.3 is 5.97 Å². The fourth-order valence-corrected chi connectivity index (χ4v) is 1.44. The van der Waals surface area contributed by atoms with Gasteiger partial charge in [0.1, 0.15) is 11.8 Å². The quantitative estimate of drug-likeness (QED) is 0.714. The Morgan fingerprint density at radius 3 is 2.93 bits per heavy atom. The number of nitrogens with one attached hydrogen (secondary N) is 1. The largest absolute Gasteiger partial charge is 0.465 e. The average Bonchev–Trinajstić information content (AvgIpc) is 2.69. The van der Waals surface area contributed by atoms with Crippen LogP contribution in [0.4, 0.5) is 0 Å². The first kappa shape index (κ1) is 9.28. The number of carbonyl (C=O) groups excluding carboxylic acids is 1.